The molecule has 2 atom stereocenters. The average molecular weight is 300 g/mol. The number of thiocarbonyl (C=S) groups is 1. The fourth-order valence-electron chi connectivity index (χ4n) is 3.46. The molecule has 3 nitrogen and oxygen atoms in total. The minimum Gasteiger partial charge on any atom is -0.393 e. The molecule has 1 saturated carbocycles. The number of nitrogens with two attached hydrogens (primary N) is 1. The van der Waals surface area contributed by atoms with E-state index in [1.54, 1.807) is 0 Å². The molecule has 2 heterocycles. The van der Waals surface area contributed by atoms with Crippen LogP contribution >= 0.6 is 24.0 Å². The van der Waals surface area contributed by atoms with Crippen LogP contribution < -0.4 is 5.73 Å². The largest absolute Gasteiger partial charge is 0.393 e. The van der Waals surface area contributed by atoms with E-state index in [0.717, 1.165) is 25.6 Å². The van der Waals surface area contributed by atoms with Gasteiger partial charge >= 0.3 is 0 Å². The van der Waals surface area contributed by atoms with E-state index in [1.165, 1.54) is 43.6 Å². The van der Waals surface area contributed by atoms with Crippen molar-refractivity contribution in [1.82, 2.24) is 4.90 Å². The van der Waals surface area contributed by atoms with Crippen LogP contribution in [-0.2, 0) is 4.74 Å². The molecule has 0 bridgehead atoms. The first kappa shape index (κ1) is 14.1. The third-order valence-corrected chi connectivity index (χ3v) is 6.06. The molecule has 3 aliphatic rings. The molecule has 2 N–H and O–H groups in total. The zero-order valence-electron chi connectivity index (χ0n) is 11.5. The van der Waals surface area contributed by atoms with Gasteiger partial charge in [0, 0.05) is 37.4 Å². The van der Waals surface area contributed by atoms with Gasteiger partial charge in [0.25, 0.3) is 0 Å². The van der Waals surface area contributed by atoms with Crippen molar-refractivity contribution in [2.45, 2.75) is 56.2 Å². The van der Waals surface area contributed by atoms with Gasteiger partial charge in [-0.1, -0.05) is 12.2 Å². The minimum atomic E-state index is 0.184. The summed E-state index contributed by atoms with van der Waals surface area (Å²) in [5.74, 6) is 2.46. The highest BCUT2D eigenvalue weighted by Crippen LogP contribution is 2.41. The molecule has 2 saturated heterocycles. The standard InChI is InChI=1S/C14H24N2OS2/c15-13(18)3-6-16(11-1-2-11)12-4-7-17-14(9-12)5-8-19-10-14/h11-12H,1-10H2,(H2,15,18). The molecule has 0 aromatic heterocycles. The van der Waals surface area contributed by atoms with Crippen LogP contribution in [0.5, 0.6) is 0 Å². The van der Waals surface area contributed by atoms with E-state index in [-0.39, 0.29) is 5.60 Å². The lowest BCUT2D eigenvalue weighted by Crippen LogP contribution is -2.50. The highest BCUT2D eigenvalue weighted by atomic mass is 32.2. The fraction of sp³-hybridized carbons (Fsp3) is 0.929. The predicted molar refractivity (Wildman–Crippen MR) is 84.8 cm³/mol. The van der Waals surface area contributed by atoms with Crippen molar-refractivity contribution < 1.29 is 4.74 Å². The number of ether oxygens (including phenoxy) is 1. The van der Waals surface area contributed by atoms with Crippen LogP contribution in [0.25, 0.3) is 0 Å². The van der Waals surface area contributed by atoms with Crippen LogP contribution in [0.3, 0.4) is 0 Å². The lowest BCUT2D eigenvalue weighted by atomic mass is 9.89. The molecule has 0 aromatic rings. The Kier molecular flexibility index (Phi) is 4.37. The van der Waals surface area contributed by atoms with Crippen molar-refractivity contribution in [1.29, 1.82) is 0 Å². The summed E-state index contributed by atoms with van der Waals surface area (Å²) < 4.78 is 6.13. The second kappa shape index (κ2) is 5.88. The number of thioether (sulfide) groups is 1. The maximum Gasteiger partial charge on any atom is 0.0795 e. The second-order valence-corrected chi connectivity index (χ2v) is 7.80. The summed E-state index contributed by atoms with van der Waals surface area (Å²) >= 11 is 7.10. The molecule has 5 heteroatoms. The van der Waals surface area contributed by atoms with Crippen molar-refractivity contribution in [3.63, 3.8) is 0 Å². The van der Waals surface area contributed by atoms with Gasteiger partial charge in [-0.15, -0.1) is 0 Å². The molecule has 2 unspecified atom stereocenters. The predicted octanol–water partition coefficient (Wildman–Crippen LogP) is 2.18. The lowest BCUT2D eigenvalue weighted by molar-refractivity contribution is -0.0904. The summed E-state index contributed by atoms with van der Waals surface area (Å²) in [6.07, 6.45) is 7.22. The van der Waals surface area contributed by atoms with Gasteiger partial charge in [-0.3, -0.25) is 4.90 Å². The van der Waals surface area contributed by atoms with E-state index in [4.69, 9.17) is 22.7 Å². The SMILES string of the molecule is NC(=S)CCN(C1CC1)C1CCOC2(CCSC2)C1. The number of rotatable bonds is 5. The molecule has 19 heavy (non-hydrogen) atoms. The number of hydrogen-bond donors (Lipinski definition) is 1. The Morgan fingerprint density at radius 2 is 2.21 bits per heavy atom. The first-order valence-electron chi connectivity index (χ1n) is 7.44. The Morgan fingerprint density at radius 1 is 1.37 bits per heavy atom. The Morgan fingerprint density at radius 3 is 2.84 bits per heavy atom. The molecule has 1 spiro atoms. The lowest BCUT2D eigenvalue weighted by Gasteiger charge is -2.43. The van der Waals surface area contributed by atoms with Crippen molar-refractivity contribution >= 4 is 29.0 Å². The molecule has 0 radical (unpaired) electrons. The monoisotopic (exact) mass is 300 g/mol. The normalized spacial score (nSPS) is 35.1. The average Bonchev–Trinajstić information content (AvgIpc) is 3.12. The van der Waals surface area contributed by atoms with Gasteiger partial charge in [0.2, 0.25) is 0 Å². The van der Waals surface area contributed by atoms with Gasteiger partial charge in [0.1, 0.15) is 0 Å². The first-order chi connectivity index (χ1) is 9.19. The fourth-order valence-corrected chi connectivity index (χ4v) is 4.93. The van der Waals surface area contributed by atoms with E-state index < -0.39 is 0 Å². The van der Waals surface area contributed by atoms with Crippen LogP contribution in [-0.4, -0.2) is 52.2 Å². The summed E-state index contributed by atoms with van der Waals surface area (Å²) in [6, 6.07) is 1.48. The molecule has 3 fully saturated rings. The van der Waals surface area contributed by atoms with E-state index in [0.29, 0.717) is 11.0 Å². The van der Waals surface area contributed by atoms with Gasteiger partial charge < -0.3 is 10.5 Å². The van der Waals surface area contributed by atoms with E-state index >= 15 is 0 Å². The van der Waals surface area contributed by atoms with Crippen LogP contribution in [0, 0.1) is 0 Å². The maximum atomic E-state index is 6.13. The molecular formula is C14H24N2OS2. The third-order valence-electron chi connectivity index (χ3n) is 4.64. The minimum absolute atomic E-state index is 0.184. The number of hydrogen-bond acceptors (Lipinski definition) is 4. The summed E-state index contributed by atoms with van der Waals surface area (Å²) in [7, 11) is 0. The zero-order chi connectivity index (χ0) is 13.3. The molecule has 2 aliphatic heterocycles. The molecule has 0 aromatic carbocycles. The van der Waals surface area contributed by atoms with E-state index in [1.807, 2.05) is 0 Å². The highest BCUT2D eigenvalue weighted by molar-refractivity contribution is 7.99. The van der Waals surface area contributed by atoms with Crippen molar-refractivity contribution in [2.24, 2.45) is 5.73 Å². The van der Waals surface area contributed by atoms with Crippen LogP contribution in [0.4, 0.5) is 0 Å². The first-order valence-corrected chi connectivity index (χ1v) is 9.01. The van der Waals surface area contributed by atoms with E-state index in [2.05, 4.69) is 16.7 Å². The smallest absolute Gasteiger partial charge is 0.0795 e. The molecule has 1 aliphatic carbocycles. The Hall–Kier alpha value is 0.160. The molecule has 0 amide bonds. The summed E-state index contributed by atoms with van der Waals surface area (Å²) in [5.41, 5.74) is 5.87. The highest BCUT2D eigenvalue weighted by Gasteiger charge is 2.44. The molecule has 108 valence electrons. The van der Waals surface area contributed by atoms with E-state index in [9.17, 15) is 0 Å². The van der Waals surface area contributed by atoms with Crippen LogP contribution in [0.1, 0.15) is 38.5 Å². The number of nitrogens with zero attached hydrogens (tertiary/aromatic N) is 1. The Balaban J connectivity index is 1.62. The van der Waals surface area contributed by atoms with Gasteiger partial charge in [-0.25, -0.2) is 0 Å². The van der Waals surface area contributed by atoms with Crippen molar-refractivity contribution in [2.75, 3.05) is 24.7 Å². The van der Waals surface area contributed by atoms with Crippen LogP contribution in [0.2, 0.25) is 0 Å². The quantitative estimate of drug-likeness (QED) is 0.788. The van der Waals surface area contributed by atoms with Gasteiger partial charge in [0.05, 0.1) is 10.6 Å². The second-order valence-electron chi connectivity index (χ2n) is 6.17. The van der Waals surface area contributed by atoms with Crippen molar-refractivity contribution in [3.05, 3.63) is 0 Å². The van der Waals surface area contributed by atoms with Gasteiger partial charge in [0.15, 0.2) is 0 Å². The van der Waals surface area contributed by atoms with Crippen molar-refractivity contribution in [3.8, 4) is 0 Å². The maximum absolute atomic E-state index is 6.13. The Bertz CT molecular complexity index is 340. The zero-order valence-corrected chi connectivity index (χ0v) is 13.1. The third kappa shape index (κ3) is 3.43. The summed E-state index contributed by atoms with van der Waals surface area (Å²) in [6.45, 7) is 1.98. The summed E-state index contributed by atoms with van der Waals surface area (Å²) in [4.78, 5) is 3.34. The molecular weight excluding hydrogens is 276 g/mol. The molecule has 3 rings (SSSR count). The Labute approximate surface area is 125 Å². The van der Waals surface area contributed by atoms with Crippen LogP contribution in [0.15, 0.2) is 0 Å². The van der Waals surface area contributed by atoms with Gasteiger partial charge in [-0.05, 0) is 37.9 Å². The van der Waals surface area contributed by atoms with Gasteiger partial charge in [-0.2, -0.15) is 11.8 Å². The topological polar surface area (TPSA) is 38.5 Å². The summed E-state index contributed by atoms with van der Waals surface area (Å²) in [5, 5.41) is 0.